The first-order valence-electron chi connectivity index (χ1n) is 4.79. The second kappa shape index (κ2) is 4.77. The molecule has 1 N–H and O–H groups in total. The summed E-state index contributed by atoms with van der Waals surface area (Å²) in [6, 6.07) is 1.95. The van der Waals surface area contributed by atoms with Crippen molar-refractivity contribution >= 4 is 34.2 Å². The number of piperidine rings is 1. The number of aromatic nitrogens is 1. The van der Waals surface area contributed by atoms with E-state index in [4.69, 9.17) is 11.6 Å². The Bertz CT molecular complexity index is 324. The maximum atomic E-state index is 6.24. The quantitative estimate of drug-likeness (QED) is 0.804. The summed E-state index contributed by atoms with van der Waals surface area (Å²) in [7, 11) is 0. The van der Waals surface area contributed by atoms with Crippen molar-refractivity contribution in [3.05, 3.63) is 26.5 Å². The fourth-order valence-electron chi connectivity index (χ4n) is 1.82. The largest absolute Gasteiger partial charge is 0.317 e. The number of nitrogens with zero attached hydrogens (tertiary/aromatic N) is 1. The topological polar surface area (TPSA) is 24.9 Å². The molecule has 2 rings (SSSR count). The summed E-state index contributed by atoms with van der Waals surface area (Å²) < 4.78 is 1.10. The van der Waals surface area contributed by atoms with Gasteiger partial charge in [0.1, 0.15) is 0 Å². The molecule has 0 spiro atoms. The summed E-state index contributed by atoms with van der Waals surface area (Å²) in [5.41, 5.74) is 1.08. The zero-order chi connectivity index (χ0) is 9.97. The third kappa shape index (κ3) is 2.20. The van der Waals surface area contributed by atoms with Crippen LogP contribution >= 0.6 is 34.2 Å². The lowest BCUT2D eigenvalue weighted by atomic mass is 9.94. The van der Waals surface area contributed by atoms with Crippen LogP contribution in [0.5, 0.6) is 0 Å². The smallest absolute Gasteiger partial charge is 0.0757 e. The second-order valence-corrected chi connectivity index (χ2v) is 5.06. The van der Waals surface area contributed by atoms with Crippen molar-refractivity contribution in [2.45, 2.75) is 18.8 Å². The highest BCUT2D eigenvalue weighted by molar-refractivity contribution is 14.1. The summed E-state index contributed by atoms with van der Waals surface area (Å²) >= 11 is 8.49. The molecule has 0 aromatic carbocycles. The van der Waals surface area contributed by atoms with Crippen LogP contribution in [0.4, 0.5) is 0 Å². The van der Waals surface area contributed by atoms with Crippen LogP contribution in [0.1, 0.15) is 24.5 Å². The van der Waals surface area contributed by atoms with E-state index in [9.17, 15) is 0 Å². The van der Waals surface area contributed by atoms with E-state index in [0.717, 1.165) is 40.2 Å². The van der Waals surface area contributed by atoms with Gasteiger partial charge in [-0.15, -0.1) is 0 Å². The molecule has 0 amide bonds. The van der Waals surface area contributed by atoms with E-state index < -0.39 is 0 Å². The van der Waals surface area contributed by atoms with E-state index in [2.05, 4.69) is 32.9 Å². The maximum Gasteiger partial charge on any atom is 0.0757 e. The monoisotopic (exact) mass is 322 g/mol. The van der Waals surface area contributed by atoms with Crippen molar-refractivity contribution in [1.29, 1.82) is 0 Å². The van der Waals surface area contributed by atoms with Crippen molar-refractivity contribution in [1.82, 2.24) is 10.3 Å². The molecule has 0 atom stereocenters. The number of hydrogen-bond donors (Lipinski definition) is 1. The molecule has 76 valence electrons. The van der Waals surface area contributed by atoms with Gasteiger partial charge in [-0.25, -0.2) is 0 Å². The van der Waals surface area contributed by atoms with Gasteiger partial charge in [0.05, 0.1) is 10.7 Å². The highest BCUT2D eigenvalue weighted by atomic mass is 127. The van der Waals surface area contributed by atoms with E-state index in [1.807, 2.05) is 12.3 Å². The molecule has 0 bridgehead atoms. The number of halogens is 2. The molecule has 14 heavy (non-hydrogen) atoms. The average molecular weight is 323 g/mol. The van der Waals surface area contributed by atoms with E-state index in [1.54, 1.807) is 0 Å². The van der Waals surface area contributed by atoms with E-state index in [1.165, 1.54) is 0 Å². The summed E-state index contributed by atoms with van der Waals surface area (Å²) in [5.74, 6) is 0.540. The normalized spacial score (nSPS) is 18.4. The molecule has 4 heteroatoms. The Morgan fingerprint density at radius 1 is 1.43 bits per heavy atom. The lowest BCUT2D eigenvalue weighted by Crippen LogP contribution is -2.27. The van der Waals surface area contributed by atoms with Gasteiger partial charge in [-0.05, 0) is 54.6 Å². The molecule has 1 aromatic rings. The SMILES string of the molecule is Clc1c(I)ccnc1C1CCNCC1. The van der Waals surface area contributed by atoms with Crippen molar-refractivity contribution < 1.29 is 0 Å². The maximum absolute atomic E-state index is 6.24. The molecule has 0 unspecified atom stereocenters. The Morgan fingerprint density at radius 3 is 2.86 bits per heavy atom. The molecule has 0 aliphatic carbocycles. The first-order chi connectivity index (χ1) is 6.79. The van der Waals surface area contributed by atoms with E-state index in [0.29, 0.717) is 5.92 Å². The van der Waals surface area contributed by atoms with Crippen LogP contribution in [0.2, 0.25) is 5.02 Å². The zero-order valence-electron chi connectivity index (χ0n) is 7.76. The van der Waals surface area contributed by atoms with Crippen molar-refractivity contribution in [3.63, 3.8) is 0 Å². The Hall–Kier alpha value is 0.130. The first-order valence-corrected chi connectivity index (χ1v) is 6.25. The van der Waals surface area contributed by atoms with Gasteiger partial charge in [0.2, 0.25) is 0 Å². The first kappa shape index (κ1) is 10.6. The molecule has 1 saturated heterocycles. The van der Waals surface area contributed by atoms with E-state index >= 15 is 0 Å². The Labute approximate surface area is 103 Å². The van der Waals surface area contributed by atoms with Crippen LogP contribution in [0.15, 0.2) is 12.3 Å². The third-order valence-electron chi connectivity index (χ3n) is 2.59. The van der Waals surface area contributed by atoms with Crippen LogP contribution in [-0.2, 0) is 0 Å². The lowest BCUT2D eigenvalue weighted by molar-refractivity contribution is 0.453. The lowest BCUT2D eigenvalue weighted by Gasteiger charge is -2.23. The van der Waals surface area contributed by atoms with Crippen molar-refractivity contribution in [2.75, 3.05) is 13.1 Å². The van der Waals surface area contributed by atoms with Crippen LogP contribution in [0, 0.1) is 3.57 Å². The fraction of sp³-hybridized carbons (Fsp3) is 0.500. The fourth-order valence-corrected chi connectivity index (χ4v) is 2.52. The molecule has 1 aliphatic rings. The van der Waals surface area contributed by atoms with Crippen LogP contribution in [0.25, 0.3) is 0 Å². The molecule has 0 radical (unpaired) electrons. The summed E-state index contributed by atoms with van der Waals surface area (Å²) in [6.45, 7) is 2.16. The number of rotatable bonds is 1. The highest BCUT2D eigenvalue weighted by Crippen LogP contribution is 2.31. The number of hydrogen-bond acceptors (Lipinski definition) is 2. The Balaban J connectivity index is 2.26. The molecule has 1 fully saturated rings. The minimum atomic E-state index is 0.540. The Morgan fingerprint density at radius 2 is 2.14 bits per heavy atom. The zero-order valence-corrected chi connectivity index (χ0v) is 10.7. The van der Waals surface area contributed by atoms with Gasteiger partial charge in [-0.2, -0.15) is 0 Å². The van der Waals surface area contributed by atoms with Crippen molar-refractivity contribution in [2.24, 2.45) is 0 Å². The number of nitrogens with one attached hydrogen (secondary N) is 1. The third-order valence-corrected chi connectivity index (χ3v) is 4.21. The standard InChI is InChI=1S/C10H12ClIN2/c11-9-8(12)3-6-14-10(9)7-1-4-13-5-2-7/h3,6-7,13H,1-2,4-5H2. The van der Waals surface area contributed by atoms with Gasteiger partial charge < -0.3 is 5.32 Å². The molecular weight excluding hydrogens is 310 g/mol. The Kier molecular flexibility index (Phi) is 3.62. The summed E-state index contributed by atoms with van der Waals surface area (Å²) in [4.78, 5) is 4.40. The van der Waals surface area contributed by atoms with Crippen LogP contribution in [0.3, 0.4) is 0 Å². The second-order valence-electron chi connectivity index (χ2n) is 3.52. The van der Waals surface area contributed by atoms with Gasteiger partial charge in [0.15, 0.2) is 0 Å². The molecule has 2 nitrogen and oxygen atoms in total. The van der Waals surface area contributed by atoms with Crippen molar-refractivity contribution in [3.8, 4) is 0 Å². The van der Waals surface area contributed by atoms with Gasteiger partial charge in [-0.1, -0.05) is 11.6 Å². The van der Waals surface area contributed by atoms with Crippen LogP contribution < -0.4 is 5.32 Å². The van der Waals surface area contributed by atoms with Gasteiger partial charge in [-0.3, -0.25) is 4.98 Å². The van der Waals surface area contributed by atoms with Gasteiger partial charge >= 0.3 is 0 Å². The van der Waals surface area contributed by atoms with Gasteiger partial charge in [0, 0.05) is 15.7 Å². The van der Waals surface area contributed by atoms with Crippen LogP contribution in [-0.4, -0.2) is 18.1 Å². The molecule has 0 saturated carbocycles. The minimum absolute atomic E-state index is 0.540. The molecule has 1 aromatic heterocycles. The van der Waals surface area contributed by atoms with Gasteiger partial charge in [0.25, 0.3) is 0 Å². The molecule has 1 aliphatic heterocycles. The summed E-state index contributed by atoms with van der Waals surface area (Å²) in [6.07, 6.45) is 4.14. The predicted octanol–water partition coefficient (Wildman–Crippen LogP) is 2.81. The highest BCUT2D eigenvalue weighted by Gasteiger charge is 2.19. The number of pyridine rings is 1. The molecular formula is C10H12ClIN2. The van der Waals surface area contributed by atoms with E-state index in [-0.39, 0.29) is 0 Å². The molecule has 2 heterocycles. The predicted molar refractivity (Wildman–Crippen MR) is 66.8 cm³/mol. The summed E-state index contributed by atoms with van der Waals surface area (Å²) in [5, 5.41) is 4.19. The minimum Gasteiger partial charge on any atom is -0.317 e. The average Bonchev–Trinajstić information content (AvgIpc) is 2.23.